The molecule has 1 amide bonds. The lowest BCUT2D eigenvalue weighted by atomic mass is 9.94. The molecule has 1 aliphatic carbocycles. The molecule has 2 aromatic rings. The second-order valence-corrected chi connectivity index (χ2v) is 7.19. The van der Waals surface area contributed by atoms with Crippen LogP contribution in [0.5, 0.6) is 0 Å². The number of carbonyl (C=O) groups is 1. The summed E-state index contributed by atoms with van der Waals surface area (Å²) in [5.41, 5.74) is 9.20. The van der Waals surface area contributed by atoms with E-state index in [2.05, 4.69) is 41.5 Å². The van der Waals surface area contributed by atoms with Crippen LogP contribution in [0.15, 0.2) is 64.9 Å². The third kappa shape index (κ3) is 4.06. The second-order valence-electron chi connectivity index (χ2n) is 7.19. The highest BCUT2D eigenvalue weighted by Gasteiger charge is 2.52. The van der Waals surface area contributed by atoms with Gasteiger partial charge in [0.05, 0.1) is 5.71 Å². The van der Waals surface area contributed by atoms with E-state index >= 15 is 0 Å². The molecule has 3 rings (SSSR count). The molecule has 1 fully saturated rings. The van der Waals surface area contributed by atoms with E-state index in [1.807, 2.05) is 25.1 Å². The van der Waals surface area contributed by atoms with E-state index in [0.717, 1.165) is 17.7 Å². The highest BCUT2D eigenvalue weighted by molar-refractivity contribution is 6.45. The van der Waals surface area contributed by atoms with Crippen LogP contribution in [0.4, 0.5) is 0 Å². The van der Waals surface area contributed by atoms with E-state index in [-0.39, 0.29) is 17.7 Å². The fourth-order valence-electron chi connectivity index (χ4n) is 3.57. The number of rotatable bonds is 8. The van der Waals surface area contributed by atoms with E-state index in [9.17, 15) is 4.79 Å². The normalized spacial score (nSPS) is 21.9. The van der Waals surface area contributed by atoms with Crippen LogP contribution in [0.25, 0.3) is 0 Å². The van der Waals surface area contributed by atoms with E-state index in [4.69, 9.17) is 15.4 Å². The molecule has 0 aromatic heterocycles. The highest BCUT2D eigenvalue weighted by Crippen LogP contribution is 2.54. The lowest BCUT2D eigenvalue weighted by molar-refractivity contribution is -0.112. The van der Waals surface area contributed by atoms with Crippen molar-refractivity contribution in [3.8, 4) is 0 Å². The highest BCUT2D eigenvalue weighted by atomic mass is 16.6. The van der Waals surface area contributed by atoms with Gasteiger partial charge in [0, 0.05) is 22.5 Å². The van der Waals surface area contributed by atoms with E-state index in [1.54, 1.807) is 12.1 Å². The van der Waals surface area contributed by atoms with Crippen molar-refractivity contribution >= 4 is 17.3 Å². The van der Waals surface area contributed by atoms with Gasteiger partial charge in [0.2, 0.25) is 0 Å². The van der Waals surface area contributed by atoms with Crippen LogP contribution in [-0.2, 0) is 26.5 Å². The molecule has 0 saturated heterocycles. The minimum Gasteiger partial charge on any atom is -0.398 e. The van der Waals surface area contributed by atoms with Crippen molar-refractivity contribution in [2.24, 2.45) is 22.0 Å². The molecule has 0 heterocycles. The van der Waals surface area contributed by atoms with Gasteiger partial charge in [0.15, 0.2) is 5.71 Å². The first kappa shape index (κ1) is 19.6. The molecule has 2 unspecified atom stereocenters. The van der Waals surface area contributed by atoms with Gasteiger partial charge in [-0.15, -0.1) is 0 Å². The summed E-state index contributed by atoms with van der Waals surface area (Å²) in [4.78, 5) is 22.0. The van der Waals surface area contributed by atoms with Crippen molar-refractivity contribution < 1.29 is 14.5 Å². The summed E-state index contributed by atoms with van der Waals surface area (Å²) in [6.07, 6.45) is 1.05. The van der Waals surface area contributed by atoms with Crippen LogP contribution in [-0.4, -0.2) is 24.4 Å². The Hall–Kier alpha value is -3.15. The third-order valence-corrected chi connectivity index (χ3v) is 5.29. The zero-order chi connectivity index (χ0) is 20.1. The molecule has 28 heavy (non-hydrogen) atoms. The minimum atomic E-state index is -0.661. The summed E-state index contributed by atoms with van der Waals surface area (Å²) in [7, 11) is 1.37. The number of benzene rings is 2. The van der Waals surface area contributed by atoms with Crippen LogP contribution < -0.4 is 5.73 Å². The third-order valence-electron chi connectivity index (χ3n) is 5.29. The number of primary amides is 1. The average Bonchev–Trinajstić information content (AvgIpc) is 3.40. The van der Waals surface area contributed by atoms with Gasteiger partial charge in [0.25, 0.3) is 5.91 Å². The fraction of sp³-hybridized carbons (Fsp3) is 0.318. The topological polar surface area (TPSA) is 86.3 Å². The van der Waals surface area contributed by atoms with E-state index in [1.165, 1.54) is 12.7 Å². The molecule has 1 aliphatic rings. The first-order valence-electron chi connectivity index (χ1n) is 9.18. The molecule has 6 nitrogen and oxygen atoms in total. The lowest BCUT2D eigenvalue weighted by Crippen LogP contribution is -2.25. The summed E-state index contributed by atoms with van der Waals surface area (Å²) < 4.78 is 0. The molecule has 0 spiro atoms. The Balaban J connectivity index is 1.69. The van der Waals surface area contributed by atoms with Crippen molar-refractivity contribution in [2.45, 2.75) is 32.3 Å². The summed E-state index contributed by atoms with van der Waals surface area (Å²) in [6, 6.07) is 17.7. The number of hydrogen-bond acceptors (Lipinski definition) is 5. The zero-order valence-electron chi connectivity index (χ0n) is 16.4. The van der Waals surface area contributed by atoms with Gasteiger partial charge >= 0.3 is 0 Å². The maximum absolute atomic E-state index is 11.7. The molecule has 0 radical (unpaired) electrons. The van der Waals surface area contributed by atoms with Crippen molar-refractivity contribution in [1.29, 1.82) is 0 Å². The molecular weight excluding hydrogens is 354 g/mol. The second kappa shape index (κ2) is 8.25. The van der Waals surface area contributed by atoms with Crippen LogP contribution in [0, 0.1) is 5.92 Å². The maximum atomic E-state index is 11.7. The molecule has 0 aliphatic heterocycles. The van der Waals surface area contributed by atoms with Crippen LogP contribution in [0.2, 0.25) is 0 Å². The number of hydrogen-bond donors (Lipinski definition) is 1. The molecule has 1 saturated carbocycles. The first-order chi connectivity index (χ1) is 13.5. The first-order valence-corrected chi connectivity index (χ1v) is 9.18. The van der Waals surface area contributed by atoms with Gasteiger partial charge in [0.1, 0.15) is 13.7 Å². The van der Waals surface area contributed by atoms with Gasteiger partial charge in [-0.05, 0) is 18.9 Å². The van der Waals surface area contributed by atoms with Gasteiger partial charge in [-0.1, -0.05) is 71.8 Å². The van der Waals surface area contributed by atoms with E-state index in [0.29, 0.717) is 11.5 Å². The van der Waals surface area contributed by atoms with Crippen LogP contribution in [0.1, 0.15) is 37.0 Å². The number of nitrogens with zero attached hydrogens (tertiary/aromatic N) is 2. The fourth-order valence-corrected chi connectivity index (χ4v) is 3.57. The zero-order valence-corrected chi connectivity index (χ0v) is 16.4. The molecule has 2 atom stereocenters. The monoisotopic (exact) mass is 379 g/mol. The van der Waals surface area contributed by atoms with Gasteiger partial charge in [-0.25, -0.2) is 0 Å². The molecular formula is C22H25N3O3. The number of nitrogens with two attached hydrogens (primary N) is 1. The number of carbonyl (C=O) groups excluding carboxylic acids is 1. The quantitative estimate of drug-likeness (QED) is 0.563. The Morgan fingerprint density at radius 3 is 2.50 bits per heavy atom. The van der Waals surface area contributed by atoms with Crippen molar-refractivity contribution in [3.05, 3.63) is 71.3 Å². The average molecular weight is 379 g/mol. The Kier molecular flexibility index (Phi) is 5.78. The molecule has 2 aromatic carbocycles. The summed E-state index contributed by atoms with van der Waals surface area (Å²) in [6.45, 7) is 4.45. The predicted octanol–water partition coefficient (Wildman–Crippen LogP) is 3.39. The largest absolute Gasteiger partial charge is 0.398 e. The SMILES string of the molecule is CO/N=C(\C(N)=O)c1ccccc1CO/N=C(\C)C1CC1(C)c1ccccc1. The molecule has 0 bridgehead atoms. The summed E-state index contributed by atoms with van der Waals surface area (Å²) in [5, 5.41) is 8.06. The van der Waals surface area contributed by atoms with Crippen molar-refractivity contribution in [2.75, 3.05) is 7.11 Å². The summed E-state index contributed by atoms with van der Waals surface area (Å²) in [5.74, 6) is -0.299. The molecule has 6 heteroatoms. The Labute approximate surface area is 165 Å². The maximum Gasteiger partial charge on any atom is 0.271 e. The Morgan fingerprint density at radius 1 is 1.14 bits per heavy atom. The Morgan fingerprint density at radius 2 is 1.82 bits per heavy atom. The standard InChI is InChI=1S/C22H25N3O3/c1-15(19-13-22(19,2)17-10-5-4-6-11-17)24-28-14-16-9-7-8-12-18(16)20(21(23)26)25-27-3/h4-12,19H,13-14H2,1-3H3,(H2,23,26)/b24-15+,25-20-. The Bertz CT molecular complexity index is 908. The predicted molar refractivity (Wildman–Crippen MR) is 109 cm³/mol. The van der Waals surface area contributed by atoms with Crippen LogP contribution in [0.3, 0.4) is 0 Å². The van der Waals surface area contributed by atoms with Gasteiger partial charge in [-0.2, -0.15) is 0 Å². The smallest absolute Gasteiger partial charge is 0.271 e. The lowest BCUT2D eigenvalue weighted by Gasteiger charge is -2.12. The van der Waals surface area contributed by atoms with Crippen molar-refractivity contribution in [1.82, 2.24) is 0 Å². The van der Waals surface area contributed by atoms with Gasteiger partial charge in [-0.3, -0.25) is 4.79 Å². The molecule has 146 valence electrons. The van der Waals surface area contributed by atoms with E-state index < -0.39 is 5.91 Å². The van der Waals surface area contributed by atoms with Crippen molar-refractivity contribution in [3.63, 3.8) is 0 Å². The van der Waals surface area contributed by atoms with Crippen LogP contribution >= 0.6 is 0 Å². The minimum absolute atomic E-state index is 0.0567. The summed E-state index contributed by atoms with van der Waals surface area (Å²) >= 11 is 0. The number of amides is 1. The molecule has 2 N–H and O–H groups in total. The van der Waals surface area contributed by atoms with Gasteiger partial charge < -0.3 is 15.4 Å². The number of oxime groups is 2.